The maximum absolute atomic E-state index is 11.9. The van der Waals surface area contributed by atoms with Crippen molar-refractivity contribution in [3.63, 3.8) is 0 Å². The number of hydrogen-bond acceptors (Lipinski definition) is 2. The largest absolute Gasteiger partial charge is 0.469 e. The predicted octanol–water partition coefficient (Wildman–Crippen LogP) is 3.67. The Morgan fingerprint density at radius 3 is 2.81 bits per heavy atom. The van der Waals surface area contributed by atoms with Crippen LogP contribution in [-0.4, -0.2) is 5.78 Å². The van der Waals surface area contributed by atoms with Crippen molar-refractivity contribution >= 4 is 17.4 Å². The van der Waals surface area contributed by atoms with Crippen molar-refractivity contribution in [2.45, 2.75) is 13.3 Å². The molecule has 0 atom stereocenters. The van der Waals surface area contributed by atoms with Gasteiger partial charge in [0, 0.05) is 5.56 Å². The highest BCUT2D eigenvalue weighted by Gasteiger charge is 2.13. The molecule has 0 radical (unpaired) electrons. The lowest BCUT2D eigenvalue weighted by Gasteiger charge is -2.04. The molecule has 0 saturated carbocycles. The van der Waals surface area contributed by atoms with E-state index in [9.17, 15) is 4.79 Å². The molecule has 1 aromatic carbocycles. The maximum Gasteiger partial charge on any atom is 0.171 e. The molecule has 16 heavy (non-hydrogen) atoms. The summed E-state index contributed by atoms with van der Waals surface area (Å²) in [6, 6.07) is 8.99. The summed E-state index contributed by atoms with van der Waals surface area (Å²) in [5, 5.41) is 0.527. The van der Waals surface area contributed by atoms with Crippen LogP contribution in [0.15, 0.2) is 41.0 Å². The van der Waals surface area contributed by atoms with Gasteiger partial charge in [0.25, 0.3) is 0 Å². The average Bonchev–Trinajstić information content (AvgIpc) is 2.74. The fraction of sp³-hybridized carbons (Fsp3) is 0.154. The molecule has 3 heteroatoms. The van der Waals surface area contributed by atoms with Gasteiger partial charge in [-0.1, -0.05) is 23.7 Å². The number of hydrogen-bond donors (Lipinski definition) is 0. The van der Waals surface area contributed by atoms with Crippen LogP contribution in [0.25, 0.3) is 0 Å². The van der Waals surface area contributed by atoms with Crippen LogP contribution in [0.4, 0.5) is 0 Å². The van der Waals surface area contributed by atoms with Crippen molar-refractivity contribution < 1.29 is 9.21 Å². The zero-order chi connectivity index (χ0) is 11.5. The fourth-order valence-electron chi connectivity index (χ4n) is 1.53. The number of carbonyl (C=O) groups is 1. The number of halogens is 1. The monoisotopic (exact) mass is 234 g/mol. The molecule has 2 aromatic rings. The highest BCUT2D eigenvalue weighted by Crippen LogP contribution is 2.21. The Hall–Kier alpha value is -1.54. The second-order valence-electron chi connectivity index (χ2n) is 3.62. The van der Waals surface area contributed by atoms with Crippen molar-refractivity contribution in [2.24, 2.45) is 0 Å². The van der Waals surface area contributed by atoms with Crippen LogP contribution in [0.3, 0.4) is 0 Å². The Kier molecular flexibility index (Phi) is 3.11. The van der Waals surface area contributed by atoms with E-state index >= 15 is 0 Å². The first kappa shape index (κ1) is 11.0. The van der Waals surface area contributed by atoms with Crippen LogP contribution >= 0.6 is 11.6 Å². The second-order valence-corrected chi connectivity index (χ2v) is 3.99. The lowest BCUT2D eigenvalue weighted by atomic mass is 10.0. The molecule has 0 amide bonds. The lowest BCUT2D eigenvalue weighted by Crippen LogP contribution is -2.04. The smallest absolute Gasteiger partial charge is 0.171 e. The van der Waals surface area contributed by atoms with Gasteiger partial charge >= 0.3 is 0 Å². The van der Waals surface area contributed by atoms with Gasteiger partial charge in [-0.05, 0) is 30.7 Å². The molecule has 0 aliphatic heterocycles. The van der Waals surface area contributed by atoms with Crippen LogP contribution < -0.4 is 0 Å². The van der Waals surface area contributed by atoms with Gasteiger partial charge in [0.2, 0.25) is 0 Å². The normalized spacial score (nSPS) is 10.4. The number of carbonyl (C=O) groups excluding carboxylic acids is 1. The van der Waals surface area contributed by atoms with Gasteiger partial charge in [-0.15, -0.1) is 0 Å². The number of rotatable bonds is 3. The van der Waals surface area contributed by atoms with Crippen molar-refractivity contribution in [1.29, 1.82) is 0 Å². The minimum absolute atomic E-state index is 0.0244. The molecule has 0 aliphatic carbocycles. The number of furan rings is 1. The molecule has 1 aromatic heterocycles. The van der Waals surface area contributed by atoms with Gasteiger partial charge in [0.05, 0.1) is 17.7 Å². The van der Waals surface area contributed by atoms with Crippen molar-refractivity contribution in [3.8, 4) is 0 Å². The molecule has 0 unspecified atom stereocenters. The number of aryl methyl sites for hydroxylation is 1. The highest BCUT2D eigenvalue weighted by molar-refractivity contribution is 6.34. The van der Waals surface area contributed by atoms with Crippen LogP contribution in [-0.2, 0) is 6.42 Å². The first-order chi connectivity index (χ1) is 7.68. The first-order valence-electron chi connectivity index (χ1n) is 4.99. The van der Waals surface area contributed by atoms with Gasteiger partial charge in [-0.3, -0.25) is 4.79 Å². The van der Waals surface area contributed by atoms with Gasteiger partial charge in [-0.25, -0.2) is 0 Å². The molecule has 0 fully saturated rings. The van der Waals surface area contributed by atoms with Crippen LogP contribution in [0.5, 0.6) is 0 Å². The van der Waals surface area contributed by atoms with Crippen LogP contribution in [0.1, 0.15) is 21.7 Å². The Balaban J connectivity index is 2.24. The number of benzene rings is 1. The summed E-state index contributed by atoms with van der Waals surface area (Å²) in [7, 11) is 0. The van der Waals surface area contributed by atoms with E-state index in [-0.39, 0.29) is 12.2 Å². The Morgan fingerprint density at radius 2 is 2.12 bits per heavy atom. The van der Waals surface area contributed by atoms with Crippen LogP contribution in [0.2, 0.25) is 5.02 Å². The van der Waals surface area contributed by atoms with E-state index < -0.39 is 0 Å². The SMILES string of the molecule is Cc1cccc(C(=O)Cc2ccco2)c1Cl. The topological polar surface area (TPSA) is 30.2 Å². The Morgan fingerprint density at radius 1 is 1.31 bits per heavy atom. The Labute approximate surface area is 98.8 Å². The van der Waals surface area contributed by atoms with Crippen molar-refractivity contribution in [2.75, 3.05) is 0 Å². The van der Waals surface area contributed by atoms with E-state index in [0.717, 1.165) is 5.56 Å². The minimum Gasteiger partial charge on any atom is -0.469 e. The molecule has 2 nitrogen and oxygen atoms in total. The first-order valence-corrected chi connectivity index (χ1v) is 5.37. The summed E-state index contributed by atoms with van der Waals surface area (Å²) in [4.78, 5) is 11.9. The summed E-state index contributed by atoms with van der Waals surface area (Å²) in [6.45, 7) is 1.88. The van der Waals surface area contributed by atoms with Crippen LogP contribution in [0, 0.1) is 6.92 Å². The van der Waals surface area contributed by atoms with E-state index in [1.165, 1.54) is 0 Å². The predicted molar refractivity (Wildman–Crippen MR) is 62.9 cm³/mol. The molecule has 82 valence electrons. The third-order valence-corrected chi connectivity index (χ3v) is 2.91. The molecule has 2 rings (SSSR count). The minimum atomic E-state index is -0.0244. The number of ketones is 1. The molecule has 0 bridgehead atoms. The fourth-order valence-corrected chi connectivity index (χ4v) is 1.76. The lowest BCUT2D eigenvalue weighted by molar-refractivity contribution is 0.0987. The quantitative estimate of drug-likeness (QED) is 0.759. The van der Waals surface area contributed by atoms with Gasteiger partial charge in [0.15, 0.2) is 5.78 Å². The summed E-state index contributed by atoms with van der Waals surface area (Å²) in [5.41, 5.74) is 1.46. The maximum atomic E-state index is 11.9. The third-order valence-electron chi connectivity index (χ3n) is 2.41. The van der Waals surface area contributed by atoms with E-state index in [1.54, 1.807) is 24.5 Å². The van der Waals surface area contributed by atoms with Crippen molar-refractivity contribution in [1.82, 2.24) is 0 Å². The standard InChI is InChI=1S/C13H11ClO2/c1-9-4-2-6-11(13(9)14)12(15)8-10-5-3-7-16-10/h2-7H,8H2,1H3. The van der Waals surface area contributed by atoms with Gasteiger partial charge < -0.3 is 4.42 Å². The number of Topliss-reactive ketones (excluding diaryl/α,β-unsaturated/α-hetero) is 1. The van der Waals surface area contributed by atoms with Gasteiger partial charge in [0.1, 0.15) is 5.76 Å². The molecule has 0 spiro atoms. The summed E-state index contributed by atoms with van der Waals surface area (Å²) >= 11 is 6.08. The zero-order valence-corrected chi connectivity index (χ0v) is 9.62. The molecular weight excluding hydrogens is 224 g/mol. The Bertz CT molecular complexity index is 501. The molecule has 1 heterocycles. The summed E-state index contributed by atoms with van der Waals surface area (Å²) in [6.07, 6.45) is 1.80. The molecular formula is C13H11ClO2. The summed E-state index contributed by atoms with van der Waals surface area (Å²) < 4.78 is 5.13. The van der Waals surface area contributed by atoms with E-state index in [4.69, 9.17) is 16.0 Å². The third kappa shape index (κ3) is 2.17. The molecule has 0 aliphatic rings. The zero-order valence-electron chi connectivity index (χ0n) is 8.87. The second kappa shape index (κ2) is 4.54. The van der Waals surface area contributed by atoms with E-state index in [1.807, 2.05) is 19.1 Å². The van der Waals surface area contributed by atoms with E-state index in [2.05, 4.69) is 0 Å². The summed E-state index contributed by atoms with van der Waals surface area (Å²) in [5.74, 6) is 0.631. The average molecular weight is 235 g/mol. The highest BCUT2D eigenvalue weighted by atomic mass is 35.5. The van der Waals surface area contributed by atoms with E-state index in [0.29, 0.717) is 16.3 Å². The molecule has 0 saturated heterocycles. The van der Waals surface area contributed by atoms with Gasteiger partial charge in [-0.2, -0.15) is 0 Å². The molecule has 0 N–H and O–H groups in total. The van der Waals surface area contributed by atoms with Crippen molar-refractivity contribution in [3.05, 3.63) is 58.5 Å².